The number of likely N-dealkylation sites (N-methyl/N-ethyl adjacent to an activating group) is 2. The molecule has 0 aliphatic carbocycles. The van der Waals surface area contributed by atoms with Gasteiger partial charge in [0.1, 0.15) is 5.75 Å². The van der Waals surface area contributed by atoms with Crippen molar-refractivity contribution in [2.24, 2.45) is 0 Å². The smallest absolute Gasteiger partial charge is 0.243 e. The Kier molecular flexibility index (Phi) is 6.63. The fourth-order valence-electron chi connectivity index (χ4n) is 2.33. The van der Waals surface area contributed by atoms with Crippen LogP contribution >= 0.6 is 11.6 Å². The molecule has 2 rings (SSSR count). The lowest BCUT2D eigenvalue weighted by molar-refractivity contribution is -0.130. The van der Waals surface area contributed by atoms with Crippen LogP contribution in [0.15, 0.2) is 53.4 Å². The molecule has 0 radical (unpaired) electrons. The van der Waals surface area contributed by atoms with E-state index in [1.165, 1.54) is 37.3 Å². The number of halogens is 1. The first-order chi connectivity index (χ1) is 12.3. The van der Waals surface area contributed by atoms with Crippen LogP contribution in [0.1, 0.15) is 5.56 Å². The third kappa shape index (κ3) is 4.75. The standard InChI is InChI=1S/C18H21ClN2O4S/c1-20(12-14-7-5-4-6-8-14)18(22)13-21(2)26(23,24)15-9-10-17(25-3)16(19)11-15/h4-11H,12-13H2,1-3H3. The molecular formula is C18H21ClN2O4S. The zero-order valence-electron chi connectivity index (χ0n) is 14.8. The Balaban J connectivity index is 2.08. The number of carbonyl (C=O) groups is 1. The minimum Gasteiger partial charge on any atom is -0.495 e. The van der Waals surface area contributed by atoms with Crippen molar-refractivity contribution in [1.29, 1.82) is 0 Å². The predicted octanol–water partition coefficient (Wildman–Crippen LogP) is 2.63. The van der Waals surface area contributed by atoms with Gasteiger partial charge in [-0.15, -0.1) is 0 Å². The fourth-order valence-corrected chi connectivity index (χ4v) is 3.80. The van der Waals surface area contributed by atoms with Gasteiger partial charge in [0.05, 0.1) is 23.6 Å². The topological polar surface area (TPSA) is 66.9 Å². The second-order valence-electron chi connectivity index (χ2n) is 5.79. The molecule has 0 aliphatic heterocycles. The number of nitrogens with zero attached hydrogens (tertiary/aromatic N) is 2. The largest absolute Gasteiger partial charge is 0.495 e. The molecule has 140 valence electrons. The van der Waals surface area contributed by atoms with Gasteiger partial charge in [-0.05, 0) is 23.8 Å². The summed E-state index contributed by atoms with van der Waals surface area (Å²) in [7, 11) is 0.607. The Morgan fingerprint density at radius 1 is 1.12 bits per heavy atom. The van der Waals surface area contributed by atoms with Gasteiger partial charge >= 0.3 is 0 Å². The molecule has 0 heterocycles. The van der Waals surface area contributed by atoms with Gasteiger partial charge in [-0.25, -0.2) is 8.42 Å². The Labute approximate surface area is 159 Å². The van der Waals surface area contributed by atoms with Crippen LogP contribution in [0.5, 0.6) is 5.75 Å². The summed E-state index contributed by atoms with van der Waals surface area (Å²) in [4.78, 5) is 13.9. The van der Waals surface area contributed by atoms with Crippen LogP contribution in [0.3, 0.4) is 0 Å². The number of methoxy groups -OCH3 is 1. The summed E-state index contributed by atoms with van der Waals surface area (Å²) in [5.74, 6) is 0.0754. The van der Waals surface area contributed by atoms with Gasteiger partial charge in [0.2, 0.25) is 15.9 Å². The van der Waals surface area contributed by atoms with Crippen molar-refractivity contribution >= 4 is 27.5 Å². The van der Waals surface area contributed by atoms with Crippen LogP contribution in [0, 0.1) is 0 Å². The van der Waals surface area contributed by atoms with E-state index in [0.717, 1.165) is 9.87 Å². The summed E-state index contributed by atoms with van der Waals surface area (Å²) in [5, 5.41) is 0.189. The molecule has 0 aromatic heterocycles. The minimum atomic E-state index is -3.84. The third-order valence-electron chi connectivity index (χ3n) is 3.88. The van der Waals surface area contributed by atoms with Gasteiger partial charge in [-0.2, -0.15) is 4.31 Å². The van der Waals surface area contributed by atoms with Crippen LogP contribution in [0.4, 0.5) is 0 Å². The highest BCUT2D eigenvalue weighted by atomic mass is 35.5. The maximum Gasteiger partial charge on any atom is 0.243 e. The lowest BCUT2D eigenvalue weighted by Crippen LogP contribution is -2.39. The highest BCUT2D eigenvalue weighted by Gasteiger charge is 2.25. The number of sulfonamides is 1. The molecule has 0 aliphatic rings. The lowest BCUT2D eigenvalue weighted by Gasteiger charge is -2.22. The predicted molar refractivity (Wildman–Crippen MR) is 101 cm³/mol. The van der Waals surface area contributed by atoms with E-state index in [-0.39, 0.29) is 22.4 Å². The molecule has 0 bridgehead atoms. The zero-order chi connectivity index (χ0) is 19.3. The minimum absolute atomic E-state index is 0.00399. The normalized spacial score (nSPS) is 11.4. The summed E-state index contributed by atoms with van der Waals surface area (Å²) in [6.07, 6.45) is 0. The summed E-state index contributed by atoms with van der Waals surface area (Å²) >= 11 is 6.00. The van der Waals surface area contributed by atoms with Crippen molar-refractivity contribution < 1.29 is 17.9 Å². The van der Waals surface area contributed by atoms with Crippen molar-refractivity contribution in [2.75, 3.05) is 27.7 Å². The molecule has 0 N–H and O–H groups in total. The van der Waals surface area contributed by atoms with Crippen molar-refractivity contribution in [2.45, 2.75) is 11.4 Å². The highest BCUT2D eigenvalue weighted by Crippen LogP contribution is 2.28. The van der Waals surface area contributed by atoms with Crippen molar-refractivity contribution in [3.63, 3.8) is 0 Å². The van der Waals surface area contributed by atoms with Crippen LogP contribution < -0.4 is 4.74 Å². The van der Waals surface area contributed by atoms with E-state index in [0.29, 0.717) is 12.3 Å². The Morgan fingerprint density at radius 3 is 2.35 bits per heavy atom. The molecule has 1 amide bonds. The number of hydrogen-bond acceptors (Lipinski definition) is 4. The fraction of sp³-hybridized carbons (Fsp3) is 0.278. The van der Waals surface area contributed by atoms with Gasteiger partial charge in [0.25, 0.3) is 0 Å². The maximum absolute atomic E-state index is 12.7. The lowest BCUT2D eigenvalue weighted by atomic mass is 10.2. The zero-order valence-corrected chi connectivity index (χ0v) is 16.4. The molecule has 8 heteroatoms. The van der Waals surface area contributed by atoms with Gasteiger partial charge in [0.15, 0.2) is 0 Å². The van der Waals surface area contributed by atoms with Gasteiger partial charge in [-0.1, -0.05) is 41.9 Å². The first-order valence-corrected chi connectivity index (χ1v) is 9.65. The second-order valence-corrected chi connectivity index (χ2v) is 8.24. The molecule has 6 nitrogen and oxygen atoms in total. The molecule has 0 atom stereocenters. The first-order valence-electron chi connectivity index (χ1n) is 7.83. The van der Waals surface area contributed by atoms with Crippen LogP contribution in [0.25, 0.3) is 0 Å². The van der Waals surface area contributed by atoms with Crippen LogP contribution in [0.2, 0.25) is 5.02 Å². The van der Waals surface area contributed by atoms with E-state index in [4.69, 9.17) is 16.3 Å². The first kappa shape index (κ1) is 20.2. The van der Waals surface area contributed by atoms with Crippen LogP contribution in [-0.2, 0) is 21.4 Å². The van der Waals surface area contributed by atoms with Gasteiger partial charge in [0, 0.05) is 20.6 Å². The summed E-state index contributed by atoms with van der Waals surface area (Å²) in [6, 6.07) is 13.7. The summed E-state index contributed by atoms with van der Waals surface area (Å²) < 4.78 is 31.3. The summed E-state index contributed by atoms with van der Waals surface area (Å²) in [6.45, 7) is 0.136. The van der Waals surface area contributed by atoms with E-state index in [1.807, 2.05) is 30.3 Å². The number of benzene rings is 2. The van der Waals surface area contributed by atoms with Crippen molar-refractivity contribution in [3.8, 4) is 5.75 Å². The van der Waals surface area contributed by atoms with E-state index >= 15 is 0 Å². The molecule has 0 saturated carbocycles. The average Bonchev–Trinajstić information content (AvgIpc) is 2.62. The quantitative estimate of drug-likeness (QED) is 0.721. The van der Waals surface area contributed by atoms with Gasteiger partial charge in [-0.3, -0.25) is 4.79 Å². The Bertz CT molecular complexity index is 872. The number of hydrogen-bond donors (Lipinski definition) is 0. The highest BCUT2D eigenvalue weighted by molar-refractivity contribution is 7.89. The Morgan fingerprint density at radius 2 is 1.77 bits per heavy atom. The third-order valence-corrected chi connectivity index (χ3v) is 5.97. The number of amides is 1. The molecule has 0 saturated heterocycles. The van der Waals surface area contributed by atoms with Gasteiger partial charge < -0.3 is 9.64 Å². The maximum atomic E-state index is 12.7. The Hall–Kier alpha value is -2.09. The average molecular weight is 397 g/mol. The molecule has 0 spiro atoms. The number of ether oxygens (including phenoxy) is 1. The number of rotatable bonds is 7. The molecule has 0 unspecified atom stereocenters. The van der Waals surface area contributed by atoms with E-state index in [1.54, 1.807) is 7.05 Å². The molecule has 2 aromatic carbocycles. The molecule has 26 heavy (non-hydrogen) atoms. The van der Waals surface area contributed by atoms with E-state index in [9.17, 15) is 13.2 Å². The van der Waals surface area contributed by atoms with E-state index in [2.05, 4.69) is 0 Å². The number of carbonyl (C=O) groups excluding carboxylic acids is 1. The monoisotopic (exact) mass is 396 g/mol. The SMILES string of the molecule is COc1ccc(S(=O)(=O)N(C)CC(=O)N(C)Cc2ccccc2)cc1Cl. The molecular weight excluding hydrogens is 376 g/mol. The van der Waals surface area contributed by atoms with Crippen molar-refractivity contribution in [3.05, 3.63) is 59.1 Å². The summed E-state index contributed by atoms with van der Waals surface area (Å²) in [5.41, 5.74) is 0.968. The molecule has 2 aromatic rings. The van der Waals surface area contributed by atoms with E-state index < -0.39 is 10.0 Å². The molecule has 0 fully saturated rings. The van der Waals surface area contributed by atoms with Crippen molar-refractivity contribution in [1.82, 2.24) is 9.21 Å². The van der Waals surface area contributed by atoms with Crippen LogP contribution in [-0.4, -0.2) is 51.3 Å². The second kappa shape index (κ2) is 8.53.